The molecular weight excluding hydrogens is 230 g/mol. The minimum atomic E-state index is -0.0142. The smallest absolute Gasteiger partial charge is 0.127 e. The summed E-state index contributed by atoms with van der Waals surface area (Å²) in [4.78, 5) is 14.0. The second-order valence-corrected chi connectivity index (χ2v) is 7.87. The molecule has 17 heavy (non-hydrogen) atoms. The fourth-order valence-electron chi connectivity index (χ4n) is 3.43. The number of carbonyl (C=O) groups is 1. The first-order valence-electron chi connectivity index (χ1n) is 6.98. The Morgan fingerprint density at radius 2 is 1.76 bits per heavy atom. The highest BCUT2D eigenvalue weighted by atomic mass is 32.2. The first-order chi connectivity index (χ1) is 8.13. The Bertz CT molecular complexity index is 253. The van der Waals surface area contributed by atoms with Crippen molar-refractivity contribution in [2.24, 2.45) is 5.41 Å². The first-order valence-corrected chi connectivity index (χ1v) is 7.92. The standard InChI is InChI=1S/C14H25NOS/c1-12-8-15(9-13(2)17-12)10-14(11-16)6-4-3-5-7-14/h11-13H,3-10H2,1-2H3. The summed E-state index contributed by atoms with van der Waals surface area (Å²) in [6, 6.07) is 0. The van der Waals surface area contributed by atoms with Crippen molar-refractivity contribution in [2.45, 2.75) is 56.5 Å². The third kappa shape index (κ3) is 3.47. The fourth-order valence-corrected chi connectivity index (χ4v) is 4.81. The number of nitrogens with zero attached hydrogens (tertiary/aromatic N) is 1. The predicted molar refractivity (Wildman–Crippen MR) is 74.5 cm³/mol. The second-order valence-electron chi connectivity index (χ2n) is 5.99. The Balaban J connectivity index is 1.95. The molecule has 2 rings (SSSR count). The average molecular weight is 255 g/mol. The van der Waals surface area contributed by atoms with E-state index in [0.29, 0.717) is 10.5 Å². The summed E-state index contributed by atoms with van der Waals surface area (Å²) in [6.45, 7) is 7.94. The minimum absolute atomic E-state index is 0.0142. The van der Waals surface area contributed by atoms with E-state index in [2.05, 4.69) is 30.5 Å². The monoisotopic (exact) mass is 255 g/mol. The molecule has 0 amide bonds. The molecule has 1 aliphatic heterocycles. The maximum Gasteiger partial charge on any atom is 0.127 e. The van der Waals surface area contributed by atoms with Crippen LogP contribution >= 0.6 is 11.8 Å². The van der Waals surface area contributed by atoms with Gasteiger partial charge < -0.3 is 9.69 Å². The molecule has 0 aromatic heterocycles. The van der Waals surface area contributed by atoms with Crippen LogP contribution in [0.5, 0.6) is 0 Å². The summed E-state index contributed by atoms with van der Waals surface area (Å²) < 4.78 is 0. The molecule has 1 aliphatic carbocycles. The number of hydrogen-bond acceptors (Lipinski definition) is 3. The van der Waals surface area contributed by atoms with Gasteiger partial charge in [-0.1, -0.05) is 33.1 Å². The van der Waals surface area contributed by atoms with E-state index in [9.17, 15) is 4.79 Å². The van der Waals surface area contributed by atoms with Crippen molar-refractivity contribution in [3.8, 4) is 0 Å². The second kappa shape index (κ2) is 5.75. The number of carbonyl (C=O) groups excluding carboxylic acids is 1. The van der Waals surface area contributed by atoms with Crippen LogP contribution in [0.25, 0.3) is 0 Å². The first kappa shape index (κ1) is 13.4. The van der Waals surface area contributed by atoms with Crippen molar-refractivity contribution in [1.82, 2.24) is 4.90 Å². The zero-order valence-electron chi connectivity index (χ0n) is 11.2. The Morgan fingerprint density at radius 1 is 1.18 bits per heavy atom. The van der Waals surface area contributed by atoms with E-state index in [1.807, 2.05) is 0 Å². The van der Waals surface area contributed by atoms with Gasteiger partial charge >= 0.3 is 0 Å². The van der Waals surface area contributed by atoms with Crippen molar-refractivity contribution >= 4 is 18.0 Å². The van der Waals surface area contributed by atoms with Gasteiger partial charge in [0.25, 0.3) is 0 Å². The van der Waals surface area contributed by atoms with Crippen molar-refractivity contribution in [1.29, 1.82) is 0 Å². The maximum atomic E-state index is 11.5. The van der Waals surface area contributed by atoms with Gasteiger partial charge in [-0.05, 0) is 12.8 Å². The van der Waals surface area contributed by atoms with Gasteiger partial charge in [0.15, 0.2) is 0 Å². The molecule has 1 saturated carbocycles. The predicted octanol–water partition coefficient (Wildman–Crippen LogP) is 2.96. The lowest BCUT2D eigenvalue weighted by Crippen LogP contribution is -2.47. The molecule has 0 bridgehead atoms. The topological polar surface area (TPSA) is 20.3 Å². The van der Waals surface area contributed by atoms with E-state index in [-0.39, 0.29) is 5.41 Å². The van der Waals surface area contributed by atoms with Crippen LogP contribution in [0.4, 0.5) is 0 Å². The molecular formula is C14H25NOS. The van der Waals surface area contributed by atoms with Gasteiger partial charge in [0.05, 0.1) is 0 Å². The third-order valence-corrected chi connectivity index (χ3v) is 5.36. The third-order valence-electron chi connectivity index (χ3n) is 4.13. The van der Waals surface area contributed by atoms with Crippen molar-refractivity contribution in [2.75, 3.05) is 19.6 Å². The van der Waals surface area contributed by atoms with Crippen LogP contribution in [0.2, 0.25) is 0 Å². The number of aldehydes is 1. The number of rotatable bonds is 3. The van der Waals surface area contributed by atoms with Crippen LogP contribution in [0.3, 0.4) is 0 Å². The molecule has 0 aromatic rings. The Labute approximate surface area is 110 Å². The van der Waals surface area contributed by atoms with Crippen molar-refractivity contribution in [3.63, 3.8) is 0 Å². The van der Waals surface area contributed by atoms with E-state index >= 15 is 0 Å². The largest absolute Gasteiger partial charge is 0.303 e. The SMILES string of the molecule is CC1CN(CC2(C=O)CCCCC2)CC(C)S1. The van der Waals surface area contributed by atoms with Crippen LogP contribution in [0.15, 0.2) is 0 Å². The summed E-state index contributed by atoms with van der Waals surface area (Å²) in [5.74, 6) is 0. The summed E-state index contributed by atoms with van der Waals surface area (Å²) >= 11 is 2.08. The molecule has 2 unspecified atom stereocenters. The normalized spacial score (nSPS) is 34.5. The van der Waals surface area contributed by atoms with Crippen LogP contribution in [-0.4, -0.2) is 41.3 Å². The zero-order chi connectivity index (χ0) is 12.3. The highest BCUT2D eigenvalue weighted by Crippen LogP contribution is 2.36. The molecule has 1 saturated heterocycles. The van der Waals surface area contributed by atoms with Gasteiger partial charge in [0.1, 0.15) is 6.29 Å². The Kier molecular flexibility index (Phi) is 4.53. The minimum Gasteiger partial charge on any atom is -0.303 e. The van der Waals surface area contributed by atoms with Gasteiger partial charge in [-0.15, -0.1) is 0 Å². The van der Waals surface area contributed by atoms with Crippen molar-refractivity contribution in [3.05, 3.63) is 0 Å². The Morgan fingerprint density at radius 3 is 2.29 bits per heavy atom. The molecule has 0 N–H and O–H groups in total. The van der Waals surface area contributed by atoms with Gasteiger partial charge in [0.2, 0.25) is 0 Å². The molecule has 2 atom stereocenters. The molecule has 98 valence electrons. The van der Waals surface area contributed by atoms with Crippen LogP contribution in [0, 0.1) is 5.41 Å². The van der Waals surface area contributed by atoms with E-state index in [1.54, 1.807) is 0 Å². The molecule has 0 spiro atoms. The summed E-state index contributed by atoms with van der Waals surface area (Å²) in [5, 5.41) is 1.43. The molecule has 0 radical (unpaired) electrons. The summed E-state index contributed by atoms with van der Waals surface area (Å²) in [6.07, 6.45) is 7.30. The summed E-state index contributed by atoms with van der Waals surface area (Å²) in [7, 11) is 0. The van der Waals surface area contributed by atoms with Gasteiger partial charge in [-0.3, -0.25) is 0 Å². The van der Waals surface area contributed by atoms with Crippen LogP contribution in [0.1, 0.15) is 46.0 Å². The van der Waals surface area contributed by atoms with E-state index < -0.39 is 0 Å². The lowest BCUT2D eigenvalue weighted by atomic mass is 9.75. The lowest BCUT2D eigenvalue weighted by Gasteiger charge is -2.41. The summed E-state index contributed by atoms with van der Waals surface area (Å²) in [5.41, 5.74) is -0.0142. The Hall–Kier alpha value is -0.0200. The molecule has 1 heterocycles. The zero-order valence-corrected chi connectivity index (χ0v) is 12.0. The average Bonchev–Trinajstić information content (AvgIpc) is 2.29. The molecule has 0 aromatic carbocycles. The van der Waals surface area contributed by atoms with Crippen LogP contribution in [-0.2, 0) is 4.79 Å². The fraction of sp³-hybridized carbons (Fsp3) is 0.929. The molecule has 3 heteroatoms. The molecule has 2 fully saturated rings. The van der Waals surface area contributed by atoms with Crippen molar-refractivity contribution < 1.29 is 4.79 Å². The van der Waals surface area contributed by atoms with Gasteiger partial charge in [-0.25, -0.2) is 0 Å². The van der Waals surface area contributed by atoms with Crippen LogP contribution < -0.4 is 0 Å². The maximum absolute atomic E-state index is 11.5. The number of hydrogen-bond donors (Lipinski definition) is 0. The van der Waals surface area contributed by atoms with Gasteiger partial charge in [-0.2, -0.15) is 11.8 Å². The highest BCUT2D eigenvalue weighted by molar-refractivity contribution is 8.00. The lowest BCUT2D eigenvalue weighted by molar-refractivity contribution is -0.119. The van der Waals surface area contributed by atoms with E-state index in [0.717, 1.165) is 32.5 Å². The molecule has 2 nitrogen and oxygen atoms in total. The number of thioether (sulfide) groups is 1. The van der Waals surface area contributed by atoms with Gasteiger partial charge in [0, 0.05) is 35.5 Å². The quantitative estimate of drug-likeness (QED) is 0.723. The molecule has 2 aliphatic rings. The van der Waals surface area contributed by atoms with E-state index in [4.69, 9.17) is 0 Å². The van der Waals surface area contributed by atoms with E-state index in [1.165, 1.54) is 25.5 Å². The highest BCUT2D eigenvalue weighted by Gasteiger charge is 2.35.